The number of hydrogen-bond donors (Lipinski definition) is 1. The Bertz CT molecular complexity index is 482. The summed E-state index contributed by atoms with van der Waals surface area (Å²) in [6.45, 7) is 6.46. The van der Waals surface area contributed by atoms with Crippen molar-refractivity contribution in [1.29, 1.82) is 0 Å². The molecule has 0 spiro atoms. The second-order valence-electron chi connectivity index (χ2n) is 5.08. The number of benzene rings is 1. The van der Waals surface area contributed by atoms with Crippen LogP contribution in [0.25, 0.3) is 0 Å². The van der Waals surface area contributed by atoms with Gasteiger partial charge >= 0.3 is 6.09 Å². The molecule has 1 aliphatic rings. The van der Waals surface area contributed by atoms with Crippen LogP contribution in [0.2, 0.25) is 0 Å². The van der Waals surface area contributed by atoms with E-state index in [0.29, 0.717) is 17.4 Å². The Morgan fingerprint density at radius 2 is 2.00 bits per heavy atom. The largest absolute Gasteiger partial charge is 0.421 e. The molecule has 0 aliphatic carbocycles. The topological polar surface area (TPSA) is 41.6 Å². The molecule has 0 radical (unpaired) electrons. The lowest BCUT2D eigenvalue weighted by molar-refractivity contribution is 0.176. The third kappa shape index (κ3) is 2.79. The number of thiocarbonyl (C=S) groups is 1. The smallest absolute Gasteiger partial charge is 0.410 e. The molecule has 1 aromatic rings. The van der Waals surface area contributed by atoms with E-state index < -0.39 is 6.09 Å². The minimum atomic E-state index is -0.443. The Morgan fingerprint density at radius 1 is 1.39 bits per heavy atom. The highest BCUT2D eigenvalue weighted by Gasteiger charge is 2.36. The zero-order chi connectivity index (χ0) is 13.3. The average molecular weight is 264 g/mol. The molecule has 1 heterocycles. The highest BCUT2D eigenvalue weighted by Crippen LogP contribution is 2.18. The van der Waals surface area contributed by atoms with Gasteiger partial charge in [-0.15, -0.1) is 0 Å². The third-order valence-electron chi connectivity index (χ3n) is 2.69. The molecule has 5 heteroatoms. The van der Waals surface area contributed by atoms with E-state index in [1.165, 1.54) is 4.90 Å². The molecule has 1 N–H and O–H groups in total. The lowest BCUT2D eigenvalue weighted by Crippen LogP contribution is -2.36. The minimum Gasteiger partial charge on any atom is -0.410 e. The molecular weight excluding hydrogens is 248 g/mol. The van der Waals surface area contributed by atoms with Crippen molar-refractivity contribution >= 4 is 23.4 Å². The van der Waals surface area contributed by atoms with Crippen molar-refractivity contribution in [2.75, 3.05) is 6.54 Å². The lowest BCUT2D eigenvalue weighted by atomic mass is 10.1. The highest BCUT2D eigenvalue weighted by molar-refractivity contribution is 7.80. The van der Waals surface area contributed by atoms with Crippen molar-refractivity contribution in [3.05, 3.63) is 29.8 Å². The molecule has 0 saturated carbocycles. The van der Waals surface area contributed by atoms with Crippen LogP contribution in [-0.2, 0) is 0 Å². The van der Waals surface area contributed by atoms with E-state index in [2.05, 4.69) is 5.32 Å². The van der Waals surface area contributed by atoms with Crippen LogP contribution in [0.15, 0.2) is 24.3 Å². The number of hydrogen-bond acceptors (Lipinski definition) is 3. The Labute approximate surface area is 112 Å². The molecule has 1 fully saturated rings. The van der Waals surface area contributed by atoms with Crippen molar-refractivity contribution < 1.29 is 9.53 Å². The number of nitrogens with zero attached hydrogens (tertiary/aromatic N) is 1. The van der Waals surface area contributed by atoms with Crippen molar-refractivity contribution in [2.24, 2.45) is 0 Å². The van der Waals surface area contributed by atoms with E-state index in [4.69, 9.17) is 17.0 Å². The van der Waals surface area contributed by atoms with Crippen molar-refractivity contribution in [2.45, 2.75) is 26.3 Å². The Morgan fingerprint density at radius 3 is 2.50 bits per heavy atom. The van der Waals surface area contributed by atoms with Crippen LogP contribution < -0.4 is 10.1 Å². The van der Waals surface area contributed by atoms with E-state index in [9.17, 15) is 4.79 Å². The van der Waals surface area contributed by atoms with Crippen LogP contribution in [0.4, 0.5) is 4.79 Å². The van der Waals surface area contributed by atoms with Gasteiger partial charge in [0.1, 0.15) is 5.75 Å². The number of nitrogens with one attached hydrogen (secondary N) is 1. The van der Waals surface area contributed by atoms with Gasteiger partial charge in [-0.25, -0.2) is 4.79 Å². The number of rotatable bonds is 1. The maximum absolute atomic E-state index is 12.0. The van der Waals surface area contributed by atoms with Gasteiger partial charge in [0.25, 0.3) is 0 Å². The molecule has 0 bridgehead atoms. The van der Waals surface area contributed by atoms with Crippen LogP contribution in [0.3, 0.4) is 0 Å². The third-order valence-corrected chi connectivity index (χ3v) is 3.01. The molecule has 0 atom stereocenters. The van der Waals surface area contributed by atoms with Crippen LogP contribution in [0, 0.1) is 6.92 Å². The molecule has 2 rings (SSSR count). The fourth-order valence-electron chi connectivity index (χ4n) is 1.77. The van der Waals surface area contributed by atoms with Gasteiger partial charge in [-0.1, -0.05) is 17.7 Å². The molecule has 1 amide bonds. The highest BCUT2D eigenvalue weighted by atomic mass is 32.1. The van der Waals surface area contributed by atoms with Gasteiger partial charge in [0.2, 0.25) is 0 Å². The van der Waals surface area contributed by atoms with Gasteiger partial charge in [-0.2, -0.15) is 0 Å². The van der Waals surface area contributed by atoms with E-state index >= 15 is 0 Å². The summed E-state index contributed by atoms with van der Waals surface area (Å²) in [5.41, 5.74) is 0.915. The summed E-state index contributed by atoms with van der Waals surface area (Å²) in [6, 6.07) is 7.33. The van der Waals surface area contributed by atoms with Crippen LogP contribution in [-0.4, -0.2) is 28.2 Å². The zero-order valence-electron chi connectivity index (χ0n) is 10.7. The molecule has 4 nitrogen and oxygen atoms in total. The first-order valence-corrected chi connectivity index (χ1v) is 6.16. The summed E-state index contributed by atoms with van der Waals surface area (Å²) in [6.07, 6.45) is -0.443. The lowest BCUT2D eigenvalue weighted by Gasteiger charge is -2.17. The molecule has 1 saturated heterocycles. The Hall–Kier alpha value is -1.62. The second kappa shape index (κ2) is 4.57. The fraction of sp³-hybridized carbons (Fsp3) is 0.385. The molecule has 18 heavy (non-hydrogen) atoms. The number of carbonyl (C=O) groups excluding carboxylic acids is 1. The molecule has 0 unspecified atom stereocenters. The van der Waals surface area contributed by atoms with E-state index in [1.54, 1.807) is 12.1 Å². The van der Waals surface area contributed by atoms with E-state index in [-0.39, 0.29) is 5.54 Å². The molecular formula is C13H16N2O2S. The van der Waals surface area contributed by atoms with Crippen molar-refractivity contribution in [3.63, 3.8) is 0 Å². The second-order valence-corrected chi connectivity index (χ2v) is 5.47. The van der Waals surface area contributed by atoms with Gasteiger partial charge in [-0.05, 0) is 45.1 Å². The summed E-state index contributed by atoms with van der Waals surface area (Å²) in [5, 5.41) is 3.49. The van der Waals surface area contributed by atoms with Gasteiger partial charge in [0, 0.05) is 0 Å². The fourth-order valence-corrected chi connectivity index (χ4v) is 2.19. The first-order chi connectivity index (χ1) is 8.37. The SMILES string of the molecule is Cc1ccc(OC(=O)N2CC(C)(C)NC2=S)cc1. The summed E-state index contributed by atoms with van der Waals surface area (Å²) >= 11 is 5.12. The minimum absolute atomic E-state index is 0.205. The predicted octanol–water partition coefficient (Wildman–Crippen LogP) is 2.46. The number of carbonyl (C=O) groups is 1. The number of aryl methyl sites for hydroxylation is 1. The van der Waals surface area contributed by atoms with Crippen LogP contribution in [0.5, 0.6) is 5.75 Å². The van der Waals surface area contributed by atoms with Gasteiger partial charge in [0.05, 0.1) is 12.1 Å². The standard InChI is InChI=1S/C13H16N2O2S/c1-9-4-6-10(7-5-9)17-12(16)15-8-13(2,3)14-11(15)18/h4-7H,8H2,1-3H3,(H,14,18). The van der Waals surface area contributed by atoms with Gasteiger partial charge in [0.15, 0.2) is 5.11 Å². The molecule has 0 aromatic heterocycles. The van der Waals surface area contributed by atoms with Crippen molar-refractivity contribution in [3.8, 4) is 5.75 Å². The maximum atomic E-state index is 12.0. The van der Waals surface area contributed by atoms with Gasteiger partial charge < -0.3 is 10.1 Å². The Kier molecular flexibility index (Phi) is 3.26. The Balaban J connectivity index is 2.05. The predicted molar refractivity (Wildman–Crippen MR) is 73.7 cm³/mol. The normalized spacial score (nSPS) is 17.5. The van der Waals surface area contributed by atoms with Crippen molar-refractivity contribution in [1.82, 2.24) is 10.2 Å². The number of amides is 1. The zero-order valence-corrected chi connectivity index (χ0v) is 11.5. The van der Waals surface area contributed by atoms with E-state index in [0.717, 1.165) is 5.56 Å². The first-order valence-electron chi connectivity index (χ1n) is 5.75. The number of ether oxygens (including phenoxy) is 1. The maximum Gasteiger partial charge on any atom is 0.421 e. The average Bonchev–Trinajstić information content (AvgIpc) is 2.55. The molecule has 1 aromatic carbocycles. The van der Waals surface area contributed by atoms with Crippen LogP contribution >= 0.6 is 12.2 Å². The monoisotopic (exact) mass is 264 g/mol. The summed E-state index contributed by atoms with van der Waals surface area (Å²) in [5.74, 6) is 0.526. The van der Waals surface area contributed by atoms with E-state index in [1.807, 2.05) is 32.9 Å². The van der Waals surface area contributed by atoms with Gasteiger partial charge in [-0.3, -0.25) is 4.90 Å². The molecule has 1 aliphatic heterocycles. The molecule has 96 valence electrons. The first kappa shape index (κ1) is 12.8. The summed E-state index contributed by atoms with van der Waals surface area (Å²) in [4.78, 5) is 13.4. The summed E-state index contributed by atoms with van der Waals surface area (Å²) in [7, 11) is 0. The quantitative estimate of drug-likeness (QED) is 0.791. The van der Waals surface area contributed by atoms with Crippen LogP contribution in [0.1, 0.15) is 19.4 Å². The summed E-state index contributed by atoms with van der Waals surface area (Å²) < 4.78 is 5.28.